The Morgan fingerprint density at radius 1 is 0.627 bits per heavy atom. The first-order chi connectivity index (χ1) is 35.8. The first kappa shape index (κ1) is 33.1. The summed E-state index contributed by atoms with van der Waals surface area (Å²) < 4.78 is 93.4. The van der Waals surface area contributed by atoms with E-state index in [0.717, 1.165) is 44.9 Å². The van der Waals surface area contributed by atoms with Gasteiger partial charge in [0.1, 0.15) is 17.3 Å². The van der Waals surface area contributed by atoms with E-state index >= 15 is 0 Å². The van der Waals surface area contributed by atoms with Gasteiger partial charge in [0.05, 0.1) is 4.11 Å². The molecular weight excluding hydrogens is 1000 g/mol. The van der Waals surface area contributed by atoms with Crippen LogP contribution in [0, 0.1) is 32.5 Å². The van der Waals surface area contributed by atoms with Crippen LogP contribution < -0.4 is 19.3 Å². The molecule has 0 radical (unpaired) electrons. The predicted molar refractivity (Wildman–Crippen MR) is 269 cm³/mol. The summed E-state index contributed by atoms with van der Waals surface area (Å²) in [7, 11) is 0. The van der Waals surface area contributed by atoms with E-state index in [0.29, 0.717) is 33.9 Å². The molecule has 4 aliphatic rings. The Bertz CT molecular complexity index is 3950. The number of aryl methyl sites for hydroxylation is 1. The number of anilines is 4. The molecule has 6 heterocycles. The molecule has 10 aromatic rings. The van der Waals surface area contributed by atoms with Crippen molar-refractivity contribution in [1.82, 2.24) is 9.55 Å². The van der Waals surface area contributed by atoms with Crippen molar-refractivity contribution in [2.24, 2.45) is 0 Å². The van der Waals surface area contributed by atoms with Crippen LogP contribution in [-0.4, -0.2) is 9.55 Å². The monoisotopic (exact) mass is 1060 g/mol. The summed E-state index contributed by atoms with van der Waals surface area (Å²) in [5.41, 5.74) is 8.71. The molecule has 8 aromatic carbocycles. The van der Waals surface area contributed by atoms with E-state index in [2.05, 4.69) is 110 Å². The quantitative estimate of drug-likeness (QED) is 0.153. The minimum absolute atomic E-state index is 0. The van der Waals surface area contributed by atoms with E-state index in [1.54, 1.807) is 42.5 Å². The van der Waals surface area contributed by atoms with Crippen molar-refractivity contribution in [3.63, 3.8) is 0 Å². The van der Waals surface area contributed by atoms with Gasteiger partial charge in [-0.25, -0.2) is 4.98 Å². The molecular formula is C60H45N4O2Pt-3. The number of para-hydroxylation sites is 2. The number of pyridine rings is 1. The summed E-state index contributed by atoms with van der Waals surface area (Å²) in [5.74, 6) is 1.55. The van der Waals surface area contributed by atoms with Gasteiger partial charge in [0.15, 0.2) is 0 Å². The van der Waals surface area contributed by atoms with Gasteiger partial charge < -0.3 is 23.8 Å². The third-order valence-corrected chi connectivity index (χ3v) is 12.2. The van der Waals surface area contributed by atoms with Gasteiger partial charge in [-0.3, -0.25) is 0 Å². The topological polar surface area (TPSA) is 42.8 Å². The molecule has 2 aromatic heterocycles. The molecule has 330 valence electrons. The Balaban J connectivity index is 0.00000616. The SMILES string of the molecule is [2H]c1c(C([2H])([2H])[2H])c([2H])c2c(c1[2H])c1ccc3[c-]c1n2-c1cc(C([2H])([2H])[2H])c(cn1)-c1cccc(c1)Oc1ccc(cc1)-c1cc(C(C)(C)C)cc(-c2ccccc2)c1N1[CH-]N(c2[c-]c(ccc2)O3)c2ccccc21.[Pt]. The minimum atomic E-state index is -2.93. The minimum Gasteiger partial charge on any atom is -0.509 e. The maximum Gasteiger partial charge on any atom is 0.135 e. The van der Waals surface area contributed by atoms with Crippen LogP contribution in [0.2, 0.25) is 0 Å². The van der Waals surface area contributed by atoms with Gasteiger partial charge >= 0.3 is 0 Å². The van der Waals surface area contributed by atoms with Crippen LogP contribution in [0.25, 0.3) is 61.0 Å². The normalized spacial score (nSPS) is 15.2. The van der Waals surface area contributed by atoms with Crippen molar-refractivity contribution in [2.75, 3.05) is 9.80 Å². The van der Waals surface area contributed by atoms with Crippen LogP contribution in [0.1, 0.15) is 49.8 Å². The fourth-order valence-electron chi connectivity index (χ4n) is 8.98. The van der Waals surface area contributed by atoms with Crippen molar-refractivity contribution < 1.29 is 42.9 Å². The van der Waals surface area contributed by atoms with E-state index in [4.69, 9.17) is 24.1 Å². The molecule has 0 N–H and O–H groups in total. The molecule has 0 atom stereocenters. The Morgan fingerprint density at radius 2 is 1.36 bits per heavy atom. The third-order valence-electron chi connectivity index (χ3n) is 12.2. The zero-order valence-electron chi connectivity index (χ0n) is 45.5. The molecule has 67 heavy (non-hydrogen) atoms. The van der Waals surface area contributed by atoms with Crippen LogP contribution in [0.4, 0.5) is 22.7 Å². The number of fused-ring (bicyclic) bond motifs is 5. The van der Waals surface area contributed by atoms with Gasteiger partial charge in [-0.1, -0.05) is 105 Å². The summed E-state index contributed by atoms with van der Waals surface area (Å²) in [4.78, 5) is 9.11. The number of hydrogen-bond donors (Lipinski definition) is 0. The van der Waals surface area contributed by atoms with E-state index in [1.165, 1.54) is 16.8 Å². The van der Waals surface area contributed by atoms with E-state index in [9.17, 15) is 2.74 Å². The second-order valence-electron chi connectivity index (χ2n) is 17.5. The summed E-state index contributed by atoms with van der Waals surface area (Å²) >= 11 is 0. The summed E-state index contributed by atoms with van der Waals surface area (Å²) in [5, 5.41) is 0.458. The first-order valence-corrected chi connectivity index (χ1v) is 21.7. The number of aromatic nitrogens is 2. The van der Waals surface area contributed by atoms with E-state index in [-0.39, 0.29) is 65.6 Å². The molecule has 14 rings (SSSR count). The molecule has 0 fully saturated rings. The standard InChI is InChI=1S/C60H45N4O2.Pt/c1-38-21-27-49-50-28-26-48-35-57(50)64(56(49)29-38)58-30-39(2)53(36-61-58)42-15-11-17-46(31-42)65-45-24-22-41(23-25-45)52-33-43(60(3,4)5)32-51(40-13-7-6-8-14-40)59(52)63-37-62(54-19-9-10-20-55(54)63)44-16-12-18-47(34-44)66-48;/h6-33,36-37H,1-5H3;/q-3;/i1D3,2D3,21D,27D,29D;. The molecule has 6 nitrogen and oxygen atoms in total. The second-order valence-corrected chi connectivity index (χ2v) is 17.5. The largest absolute Gasteiger partial charge is 0.509 e. The molecule has 0 saturated heterocycles. The van der Waals surface area contributed by atoms with Gasteiger partial charge in [-0.05, 0) is 119 Å². The van der Waals surface area contributed by atoms with Crippen LogP contribution in [0.3, 0.4) is 0 Å². The number of hydrogen-bond acceptors (Lipinski definition) is 5. The van der Waals surface area contributed by atoms with Gasteiger partial charge in [0, 0.05) is 86.3 Å². The van der Waals surface area contributed by atoms with Gasteiger partial charge in [-0.2, -0.15) is 12.1 Å². The zero-order chi connectivity index (χ0) is 52.3. The molecule has 0 saturated carbocycles. The van der Waals surface area contributed by atoms with Gasteiger partial charge in [-0.15, -0.1) is 48.1 Å². The van der Waals surface area contributed by atoms with E-state index < -0.39 is 37.4 Å². The average Bonchev–Trinajstić information content (AvgIpc) is 3.96. The van der Waals surface area contributed by atoms with Crippen molar-refractivity contribution in [3.8, 4) is 62.2 Å². The maximum atomic E-state index is 9.38. The smallest absolute Gasteiger partial charge is 0.135 e. The molecule has 0 unspecified atom stereocenters. The fraction of sp³-hybridized carbons (Fsp3) is 0.100. The van der Waals surface area contributed by atoms with Crippen molar-refractivity contribution in [2.45, 2.75) is 39.9 Å². The molecule has 12 bridgehead atoms. The van der Waals surface area contributed by atoms with Crippen molar-refractivity contribution >= 4 is 44.6 Å². The summed E-state index contributed by atoms with van der Waals surface area (Å²) in [6.45, 7) is 3.09. The molecule has 0 aliphatic carbocycles. The van der Waals surface area contributed by atoms with Crippen LogP contribution in [-0.2, 0) is 26.5 Å². The molecule has 0 spiro atoms. The van der Waals surface area contributed by atoms with Crippen LogP contribution in [0.15, 0.2) is 176 Å². The maximum absolute atomic E-state index is 9.38. The van der Waals surface area contributed by atoms with Crippen molar-refractivity contribution in [1.29, 1.82) is 0 Å². The molecule has 0 amide bonds. The average molecular weight is 1060 g/mol. The van der Waals surface area contributed by atoms with E-state index in [1.807, 2.05) is 42.5 Å². The Labute approximate surface area is 418 Å². The van der Waals surface area contributed by atoms with Crippen LogP contribution >= 0.6 is 0 Å². The molecule has 7 heteroatoms. The number of nitrogens with zero attached hydrogens (tertiary/aromatic N) is 4. The Morgan fingerprint density at radius 3 is 2.13 bits per heavy atom. The third kappa shape index (κ3) is 7.46. The second kappa shape index (κ2) is 16.5. The Hall–Kier alpha value is -7.40. The predicted octanol–water partition coefficient (Wildman–Crippen LogP) is 16.0. The Kier molecular flexibility index (Phi) is 8.15. The first-order valence-electron chi connectivity index (χ1n) is 26.2. The molecule has 4 aliphatic heterocycles. The van der Waals surface area contributed by atoms with Gasteiger partial charge in [0.2, 0.25) is 0 Å². The summed E-state index contributed by atoms with van der Waals surface area (Å²) in [6.07, 6.45) is 1.43. The summed E-state index contributed by atoms with van der Waals surface area (Å²) in [6, 6.07) is 53.7. The number of rotatable bonds is 1. The fourth-order valence-corrected chi connectivity index (χ4v) is 8.98. The number of benzene rings is 8. The van der Waals surface area contributed by atoms with Crippen molar-refractivity contribution in [3.05, 3.63) is 211 Å². The van der Waals surface area contributed by atoms with Gasteiger partial charge in [0.25, 0.3) is 0 Å². The van der Waals surface area contributed by atoms with Crippen LogP contribution in [0.5, 0.6) is 23.0 Å². The number of ether oxygens (including phenoxy) is 2. The zero-order valence-corrected chi connectivity index (χ0v) is 38.8.